The van der Waals surface area contributed by atoms with Crippen molar-refractivity contribution in [1.82, 2.24) is 24.5 Å². The fourth-order valence-electron chi connectivity index (χ4n) is 3.41. The fraction of sp³-hybridized carbons (Fsp3) is 0.364. The van der Waals surface area contributed by atoms with Crippen LogP contribution in [0.4, 0.5) is 13.2 Å². The number of thioether (sulfide) groups is 1. The van der Waals surface area contributed by atoms with Gasteiger partial charge in [-0.25, -0.2) is 4.98 Å². The van der Waals surface area contributed by atoms with Crippen LogP contribution in [0.5, 0.6) is 11.6 Å². The molecule has 0 radical (unpaired) electrons. The molecule has 13 heteroatoms. The van der Waals surface area contributed by atoms with E-state index in [1.54, 1.807) is 17.0 Å². The third kappa shape index (κ3) is 6.63. The molecule has 1 saturated heterocycles. The van der Waals surface area contributed by atoms with Crippen molar-refractivity contribution >= 4 is 29.5 Å². The number of carbonyl (C=O) groups excluding carboxylic acids is 1. The topological polar surface area (TPSA) is 91.1 Å². The number of alkyl halides is 3. The van der Waals surface area contributed by atoms with Gasteiger partial charge in [0.25, 0.3) is 5.78 Å². The van der Waals surface area contributed by atoms with E-state index >= 15 is 0 Å². The first-order chi connectivity index (χ1) is 16.7. The molecule has 0 N–H and O–H groups in total. The van der Waals surface area contributed by atoms with E-state index in [0.717, 1.165) is 5.69 Å². The Bertz CT molecular complexity index is 1230. The Hall–Kier alpha value is -3.32. The summed E-state index contributed by atoms with van der Waals surface area (Å²) < 4.78 is 54.4. The molecule has 0 aliphatic carbocycles. The minimum Gasteiger partial charge on any atom is -0.475 e. The average Bonchev–Trinajstić information content (AvgIpc) is 3.23. The Morgan fingerprint density at radius 1 is 1.31 bits per heavy atom. The van der Waals surface area contributed by atoms with Crippen molar-refractivity contribution in [1.29, 1.82) is 0 Å². The molecular formula is C22H22F3N5O4S. The van der Waals surface area contributed by atoms with Crippen LogP contribution in [0.1, 0.15) is 11.3 Å². The van der Waals surface area contributed by atoms with E-state index < -0.39 is 6.36 Å². The first-order valence-corrected chi connectivity index (χ1v) is 11.8. The van der Waals surface area contributed by atoms with Gasteiger partial charge in [-0.2, -0.15) is 9.50 Å². The monoisotopic (exact) mass is 509 g/mol. The maximum atomic E-state index is 12.7. The number of rotatable bonds is 7. The van der Waals surface area contributed by atoms with Gasteiger partial charge < -0.3 is 19.1 Å². The van der Waals surface area contributed by atoms with Crippen molar-refractivity contribution in [3.8, 4) is 11.6 Å². The number of nitrogens with zero attached hydrogens (tertiary/aromatic N) is 5. The molecule has 186 valence electrons. The van der Waals surface area contributed by atoms with E-state index in [1.807, 2.05) is 13.2 Å². The Labute approximate surface area is 202 Å². The summed E-state index contributed by atoms with van der Waals surface area (Å²) in [6, 6.07) is 7.14. The van der Waals surface area contributed by atoms with Gasteiger partial charge in [-0.15, -0.1) is 18.3 Å². The second-order valence-electron chi connectivity index (χ2n) is 7.59. The summed E-state index contributed by atoms with van der Waals surface area (Å²) in [5.41, 5.74) is 1.13. The number of hydrogen-bond acceptors (Lipinski definition) is 8. The van der Waals surface area contributed by atoms with Gasteiger partial charge in [0.1, 0.15) is 18.5 Å². The molecule has 1 aromatic carbocycles. The number of ether oxygens (including phenoxy) is 3. The van der Waals surface area contributed by atoms with Crippen molar-refractivity contribution in [3.63, 3.8) is 0 Å². The number of amides is 1. The predicted molar refractivity (Wildman–Crippen MR) is 121 cm³/mol. The zero-order valence-corrected chi connectivity index (χ0v) is 19.7. The molecule has 1 aliphatic rings. The van der Waals surface area contributed by atoms with Crippen LogP contribution in [0.25, 0.3) is 11.9 Å². The third-order valence-electron chi connectivity index (χ3n) is 4.95. The quantitative estimate of drug-likeness (QED) is 0.354. The van der Waals surface area contributed by atoms with E-state index in [9.17, 15) is 18.0 Å². The van der Waals surface area contributed by atoms with Gasteiger partial charge in [-0.05, 0) is 37.0 Å². The summed E-state index contributed by atoms with van der Waals surface area (Å²) in [4.78, 5) is 22.9. The summed E-state index contributed by atoms with van der Waals surface area (Å²) in [6.07, 6.45) is -0.543. The van der Waals surface area contributed by atoms with Crippen LogP contribution in [0, 0.1) is 6.92 Å². The van der Waals surface area contributed by atoms with E-state index in [4.69, 9.17) is 9.47 Å². The maximum Gasteiger partial charge on any atom is 0.573 e. The van der Waals surface area contributed by atoms with E-state index in [-0.39, 0.29) is 24.4 Å². The second kappa shape index (κ2) is 10.5. The van der Waals surface area contributed by atoms with E-state index in [1.165, 1.54) is 46.6 Å². The minimum atomic E-state index is -4.78. The van der Waals surface area contributed by atoms with Crippen LogP contribution in [0.3, 0.4) is 0 Å². The van der Waals surface area contributed by atoms with Gasteiger partial charge in [0.05, 0.1) is 13.2 Å². The molecular weight excluding hydrogens is 487 g/mol. The van der Waals surface area contributed by atoms with Crippen molar-refractivity contribution in [2.24, 2.45) is 0 Å². The first-order valence-electron chi connectivity index (χ1n) is 10.6. The van der Waals surface area contributed by atoms with Gasteiger partial charge in [0, 0.05) is 24.4 Å². The van der Waals surface area contributed by atoms with Crippen molar-refractivity contribution < 1.29 is 32.2 Å². The predicted octanol–water partition coefficient (Wildman–Crippen LogP) is 3.37. The Balaban J connectivity index is 1.36. The molecule has 35 heavy (non-hydrogen) atoms. The number of benzene rings is 1. The zero-order chi connectivity index (χ0) is 25.0. The van der Waals surface area contributed by atoms with E-state index in [0.29, 0.717) is 42.1 Å². The molecule has 3 heterocycles. The molecule has 1 amide bonds. The molecule has 1 fully saturated rings. The van der Waals surface area contributed by atoms with Gasteiger partial charge in [-0.3, -0.25) is 4.79 Å². The molecule has 1 aliphatic heterocycles. The van der Waals surface area contributed by atoms with Gasteiger partial charge in [0.15, 0.2) is 0 Å². The number of hydrogen-bond donors (Lipinski definition) is 0. The van der Waals surface area contributed by atoms with Crippen LogP contribution in [0.2, 0.25) is 0 Å². The molecule has 2 aromatic heterocycles. The number of aromatic nitrogens is 4. The highest BCUT2D eigenvalue weighted by Crippen LogP contribution is 2.24. The van der Waals surface area contributed by atoms with Gasteiger partial charge >= 0.3 is 6.36 Å². The standard InChI is InChI=1S/C22H22F3N5O4S/c1-14-10-19(30-20(26-14)27-21(28-30)35-2)33-13-17-12-29(8-9-32-17)18(31)7-6-15-4-3-5-16(11-15)34-22(23,24)25/h3-7,10-11,17H,8-9,12-13H2,1-2H3/b7-6+. The molecule has 0 bridgehead atoms. The van der Waals surface area contributed by atoms with Crippen molar-refractivity contribution in [3.05, 3.63) is 47.7 Å². The lowest BCUT2D eigenvalue weighted by Crippen LogP contribution is -2.47. The Morgan fingerprint density at radius 2 is 2.14 bits per heavy atom. The number of fused-ring (bicyclic) bond motifs is 1. The van der Waals surface area contributed by atoms with Crippen LogP contribution in [-0.2, 0) is 9.53 Å². The van der Waals surface area contributed by atoms with Crippen molar-refractivity contribution in [2.75, 3.05) is 32.6 Å². The summed E-state index contributed by atoms with van der Waals surface area (Å²) >= 11 is 1.39. The number of carbonyl (C=O) groups is 1. The summed E-state index contributed by atoms with van der Waals surface area (Å²) in [7, 11) is 0. The summed E-state index contributed by atoms with van der Waals surface area (Å²) in [5.74, 6) is 0.255. The summed E-state index contributed by atoms with van der Waals surface area (Å²) in [6.45, 7) is 3.01. The third-order valence-corrected chi connectivity index (χ3v) is 5.49. The van der Waals surface area contributed by atoms with Gasteiger partial charge in [-0.1, -0.05) is 23.9 Å². The highest BCUT2D eigenvalue weighted by Gasteiger charge is 2.31. The number of halogens is 3. The van der Waals surface area contributed by atoms with E-state index in [2.05, 4.69) is 19.8 Å². The highest BCUT2D eigenvalue weighted by molar-refractivity contribution is 7.98. The lowest BCUT2D eigenvalue weighted by Gasteiger charge is -2.32. The zero-order valence-electron chi connectivity index (χ0n) is 18.9. The number of aryl methyl sites for hydroxylation is 1. The lowest BCUT2D eigenvalue weighted by molar-refractivity contribution is -0.274. The Kier molecular flexibility index (Phi) is 7.45. The van der Waals surface area contributed by atoms with Crippen LogP contribution in [0.15, 0.2) is 41.6 Å². The van der Waals surface area contributed by atoms with Crippen LogP contribution < -0.4 is 9.47 Å². The molecule has 1 atom stereocenters. The summed E-state index contributed by atoms with van der Waals surface area (Å²) in [5, 5.41) is 4.92. The van der Waals surface area contributed by atoms with Gasteiger partial charge in [0.2, 0.25) is 16.9 Å². The SMILES string of the molecule is CSc1nc2nc(C)cc(OCC3CN(C(=O)/C=C/c4cccc(OC(F)(F)F)c4)CCO3)n2n1. The molecule has 4 rings (SSSR count). The lowest BCUT2D eigenvalue weighted by atomic mass is 10.2. The number of morpholine rings is 1. The highest BCUT2D eigenvalue weighted by atomic mass is 32.2. The molecule has 9 nitrogen and oxygen atoms in total. The first kappa shape index (κ1) is 24.8. The molecule has 3 aromatic rings. The minimum absolute atomic E-state index is 0.178. The molecule has 1 unspecified atom stereocenters. The average molecular weight is 510 g/mol. The smallest absolute Gasteiger partial charge is 0.475 e. The molecule has 0 spiro atoms. The fourth-order valence-corrected chi connectivity index (χ4v) is 3.75. The van der Waals surface area contributed by atoms with Crippen molar-refractivity contribution in [2.45, 2.75) is 24.5 Å². The molecule has 0 saturated carbocycles. The Morgan fingerprint density at radius 3 is 2.91 bits per heavy atom. The normalized spacial score (nSPS) is 16.7. The van der Waals surface area contributed by atoms with Crippen LogP contribution >= 0.6 is 11.8 Å². The van der Waals surface area contributed by atoms with Crippen LogP contribution in [-0.4, -0.2) is 75.4 Å². The largest absolute Gasteiger partial charge is 0.573 e. The second-order valence-corrected chi connectivity index (χ2v) is 8.36. The maximum absolute atomic E-state index is 12.7.